The first kappa shape index (κ1) is 17.2. The van der Waals surface area contributed by atoms with E-state index in [1.807, 2.05) is 0 Å². The highest BCUT2D eigenvalue weighted by molar-refractivity contribution is 6.21. The minimum absolute atomic E-state index is 0.123. The minimum atomic E-state index is -0.722. The van der Waals surface area contributed by atoms with Crippen molar-refractivity contribution in [3.05, 3.63) is 0 Å². The number of hydrogen-bond donors (Lipinski definition) is 0. The Kier molecular flexibility index (Phi) is 3.00. The number of methoxy groups -OCH3 is 2. The third-order valence-electron chi connectivity index (χ3n) is 11.1. The van der Waals surface area contributed by atoms with Crippen molar-refractivity contribution in [1.29, 1.82) is 0 Å². The molecule has 6 heteroatoms. The Morgan fingerprint density at radius 3 is 1.43 bits per heavy atom. The van der Waals surface area contributed by atoms with Crippen molar-refractivity contribution >= 4 is 35.1 Å². The zero-order valence-corrected chi connectivity index (χ0v) is 17.7. The Morgan fingerprint density at radius 1 is 0.679 bits per heavy atom. The van der Waals surface area contributed by atoms with Crippen molar-refractivity contribution in [3.63, 3.8) is 0 Å². The summed E-state index contributed by atoms with van der Waals surface area (Å²) < 4.78 is 11.0. The lowest BCUT2D eigenvalue weighted by atomic mass is 9.43. The van der Waals surface area contributed by atoms with Gasteiger partial charge in [0, 0.05) is 10.8 Å². The van der Waals surface area contributed by atoms with Crippen LogP contribution in [0, 0.1) is 70.0 Å². The molecule has 14 atom stereocenters. The van der Waals surface area contributed by atoms with E-state index in [0.717, 1.165) is 25.7 Å². The number of esters is 2. The van der Waals surface area contributed by atoms with Gasteiger partial charge in [-0.2, -0.15) is 0 Å². The summed E-state index contributed by atoms with van der Waals surface area (Å²) >= 11 is 13.7. The molecule has 0 N–H and O–H groups in total. The molecule has 0 heterocycles. The molecule has 0 amide bonds. The summed E-state index contributed by atoms with van der Waals surface area (Å²) in [6.07, 6.45) is 4.15. The number of carbonyl (C=O) groups is 2. The molecule has 4 nitrogen and oxygen atoms in total. The predicted octanol–water partition coefficient (Wildman–Crippen LogP) is 3.34. The molecule has 8 aliphatic carbocycles. The smallest absolute Gasteiger partial charge is 0.313 e. The van der Waals surface area contributed by atoms with Gasteiger partial charge >= 0.3 is 11.9 Å². The second-order valence-corrected chi connectivity index (χ2v) is 11.8. The molecule has 0 radical (unpaired) electrons. The van der Waals surface area contributed by atoms with Crippen molar-refractivity contribution in [3.8, 4) is 0 Å². The fraction of sp³-hybridized carbons (Fsp3) is 0.909. The van der Waals surface area contributed by atoms with Crippen LogP contribution < -0.4 is 0 Å². The summed E-state index contributed by atoms with van der Waals surface area (Å²) in [6.45, 7) is 0. The summed E-state index contributed by atoms with van der Waals surface area (Å²) in [5.41, 5.74) is -1.44. The number of fused-ring (bicyclic) bond motifs is 2. The molecule has 0 spiro atoms. The largest absolute Gasteiger partial charge is 0.469 e. The second-order valence-electron chi connectivity index (χ2n) is 10.6. The Bertz CT molecular complexity index is 750. The predicted molar refractivity (Wildman–Crippen MR) is 102 cm³/mol. The van der Waals surface area contributed by atoms with Gasteiger partial charge in [-0.25, -0.2) is 0 Å². The van der Waals surface area contributed by atoms with E-state index < -0.39 is 10.8 Å². The zero-order chi connectivity index (χ0) is 19.3. The molecular formula is C22H26Cl2O4. The first-order valence-corrected chi connectivity index (χ1v) is 11.8. The first-order valence-electron chi connectivity index (χ1n) is 10.9. The van der Waals surface area contributed by atoms with E-state index in [1.54, 1.807) is 0 Å². The molecule has 8 bridgehead atoms. The van der Waals surface area contributed by atoms with Gasteiger partial charge in [-0.3, -0.25) is 9.59 Å². The number of hydrogen-bond acceptors (Lipinski definition) is 4. The van der Waals surface area contributed by atoms with Gasteiger partial charge in [0.05, 0.1) is 25.0 Å². The van der Waals surface area contributed by atoms with E-state index in [0.29, 0.717) is 35.5 Å². The highest BCUT2D eigenvalue weighted by atomic mass is 35.5. The van der Waals surface area contributed by atoms with Crippen LogP contribution in [0.25, 0.3) is 0 Å². The summed E-state index contributed by atoms with van der Waals surface area (Å²) in [5.74, 6) is 3.01. The van der Waals surface area contributed by atoms with Crippen LogP contribution in [0.15, 0.2) is 0 Å². The second kappa shape index (κ2) is 4.88. The van der Waals surface area contributed by atoms with Crippen LogP contribution in [0.2, 0.25) is 0 Å². The van der Waals surface area contributed by atoms with E-state index >= 15 is 0 Å². The van der Waals surface area contributed by atoms with Crippen LogP contribution in [0.5, 0.6) is 0 Å². The van der Waals surface area contributed by atoms with Crippen molar-refractivity contribution in [2.45, 2.75) is 36.4 Å². The van der Waals surface area contributed by atoms with Crippen LogP contribution in [-0.2, 0) is 19.1 Å². The molecule has 0 aromatic heterocycles. The molecule has 0 aliphatic heterocycles. The monoisotopic (exact) mass is 424 g/mol. The van der Waals surface area contributed by atoms with Gasteiger partial charge in [0.1, 0.15) is 0 Å². The summed E-state index contributed by atoms with van der Waals surface area (Å²) in [4.78, 5) is 27.4. The molecule has 8 rings (SSSR count). The molecule has 28 heavy (non-hydrogen) atoms. The SMILES string of the molecule is COC(=O)[C@]12[C@H]3[C@@H]4[C@@H]5[C@H]([C@@H]6[C@H](CC[C@@H]6Cl)[C@@H]51)[C@]2(C(=O)OC)[C@H]4[C@@H]1CC[C@H](Cl)[C@@H]13. The van der Waals surface area contributed by atoms with Gasteiger partial charge in [0.15, 0.2) is 0 Å². The number of carbonyl (C=O) groups excluding carboxylic acids is 2. The van der Waals surface area contributed by atoms with Crippen LogP contribution in [-0.4, -0.2) is 36.9 Å². The van der Waals surface area contributed by atoms with Crippen LogP contribution in [0.4, 0.5) is 0 Å². The van der Waals surface area contributed by atoms with E-state index in [-0.39, 0.29) is 46.4 Å². The third-order valence-corrected chi connectivity index (χ3v) is 12.1. The highest BCUT2D eigenvalue weighted by Gasteiger charge is 3.01. The molecule has 0 unspecified atom stereocenters. The maximum atomic E-state index is 13.7. The molecule has 0 aromatic rings. The minimum Gasteiger partial charge on any atom is -0.469 e. The van der Waals surface area contributed by atoms with Gasteiger partial charge in [0.25, 0.3) is 0 Å². The fourth-order valence-electron chi connectivity index (χ4n) is 11.6. The maximum Gasteiger partial charge on any atom is 0.313 e. The molecular weight excluding hydrogens is 399 g/mol. The van der Waals surface area contributed by atoms with E-state index in [1.165, 1.54) is 14.2 Å². The summed E-state index contributed by atoms with van der Waals surface area (Å²) in [5, 5.41) is 0.246. The lowest BCUT2D eigenvalue weighted by Crippen LogP contribution is -2.66. The quantitative estimate of drug-likeness (QED) is 0.503. The average Bonchev–Trinajstić information content (AvgIpc) is 3.49. The summed E-state index contributed by atoms with van der Waals surface area (Å²) in [7, 11) is 2.99. The van der Waals surface area contributed by atoms with Crippen molar-refractivity contribution in [2.24, 2.45) is 70.0 Å². The van der Waals surface area contributed by atoms with Gasteiger partial charge in [-0.1, -0.05) is 0 Å². The Hall–Kier alpha value is -0.480. The number of ether oxygens (including phenoxy) is 2. The standard InChI is InChI=1S/C22H26Cl2O4/c1-27-19(25)21-15-7-3-5-10(24)12(7)18-13(15)14-16(22(18,21)20(26)28-2)8-4-6-9(23)11(8)17(14)21/h7-18H,3-6H2,1-2H3/t7-,8+,9-,10-,11+,12+,13-,14+,15-,16-,17+,18-,21+,22-/m0/s1. The van der Waals surface area contributed by atoms with E-state index in [2.05, 4.69) is 0 Å². The number of halogens is 2. The topological polar surface area (TPSA) is 52.6 Å². The lowest BCUT2D eigenvalue weighted by molar-refractivity contribution is -0.208. The van der Waals surface area contributed by atoms with Gasteiger partial charge < -0.3 is 9.47 Å². The average molecular weight is 425 g/mol. The van der Waals surface area contributed by atoms with Crippen LogP contribution in [0.1, 0.15) is 25.7 Å². The summed E-state index contributed by atoms with van der Waals surface area (Å²) in [6, 6.07) is 0. The Labute approximate surface area is 175 Å². The highest BCUT2D eigenvalue weighted by Crippen LogP contribution is 2.97. The fourth-order valence-corrected chi connectivity index (χ4v) is 12.5. The lowest BCUT2D eigenvalue weighted by Gasteiger charge is -2.58. The molecule has 0 saturated heterocycles. The first-order chi connectivity index (χ1) is 13.5. The van der Waals surface area contributed by atoms with Gasteiger partial charge in [-0.05, 0) is 84.9 Å². The van der Waals surface area contributed by atoms with E-state index in [9.17, 15) is 9.59 Å². The van der Waals surface area contributed by atoms with Crippen LogP contribution >= 0.6 is 23.2 Å². The Balaban J connectivity index is 1.53. The molecule has 8 saturated carbocycles. The van der Waals surface area contributed by atoms with Crippen molar-refractivity contribution < 1.29 is 19.1 Å². The third kappa shape index (κ3) is 1.26. The van der Waals surface area contributed by atoms with Gasteiger partial charge in [-0.15, -0.1) is 23.2 Å². The Morgan fingerprint density at radius 2 is 1.07 bits per heavy atom. The van der Waals surface area contributed by atoms with Crippen molar-refractivity contribution in [1.82, 2.24) is 0 Å². The zero-order valence-electron chi connectivity index (χ0n) is 16.1. The molecule has 152 valence electrons. The normalized spacial score (nSPS) is 65.9. The van der Waals surface area contributed by atoms with E-state index in [4.69, 9.17) is 32.7 Å². The van der Waals surface area contributed by atoms with Crippen molar-refractivity contribution in [2.75, 3.05) is 14.2 Å². The molecule has 0 aromatic carbocycles. The van der Waals surface area contributed by atoms with Gasteiger partial charge in [0.2, 0.25) is 0 Å². The maximum absolute atomic E-state index is 13.7. The molecule has 8 aliphatic rings. The number of alkyl halides is 2. The van der Waals surface area contributed by atoms with Crippen LogP contribution in [0.3, 0.4) is 0 Å². The molecule has 8 fully saturated rings. The number of rotatable bonds is 2.